The van der Waals surface area contributed by atoms with Crippen molar-refractivity contribution in [3.63, 3.8) is 0 Å². The van der Waals surface area contributed by atoms with Crippen LogP contribution >= 0.6 is 0 Å². The zero-order valence-electron chi connectivity index (χ0n) is 48.4. The van der Waals surface area contributed by atoms with Crippen LogP contribution in [0.1, 0.15) is 106 Å². The fourth-order valence-electron chi connectivity index (χ4n) is 10.3. The predicted molar refractivity (Wildman–Crippen MR) is 323 cm³/mol. The summed E-state index contributed by atoms with van der Waals surface area (Å²) in [7, 11) is -1.74. The molecule has 0 aliphatic heterocycles. The van der Waals surface area contributed by atoms with Gasteiger partial charge in [-0.3, -0.25) is 4.98 Å². The van der Waals surface area contributed by atoms with E-state index in [9.17, 15) is 0 Å². The molecule has 0 spiro atoms. The second-order valence-corrected chi connectivity index (χ2v) is 28.9. The van der Waals surface area contributed by atoms with Gasteiger partial charge in [0.15, 0.2) is 0 Å². The third kappa shape index (κ3) is 11.1. The van der Waals surface area contributed by atoms with Gasteiger partial charge >= 0.3 is 0 Å². The minimum atomic E-state index is -1.74. The fraction of sp³-hybridized carbons (Fsp3) is 0.257. The molecule has 0 unspecified atom stereocenters. The van der Waals surface area contributed by atoms with Crippen LogP contribution in [0.25, 0.3) is 94.3 Å². The quantitative estimate of drug-likeness (QED) is 0.107. The number of hydrogen-bond acceptors (Lipinski definition) is 3. The van der Waals surface area contributed by atoms with Crippen molar-refractivity contribution in [2.75, 3.05) is 0 Å². The maximum absolute atomic E-state index is 8.89. The molecule has 76 heavy (non-hydrogen) atoms. The van der Waals surface area contributed by atoms with E-state index >= 15 is 0 Å². The van der Waals surface area contributed by atoms with Crippen molar-refractivity contribution in [3.8, 4) is 50.6 Å². The fourth-order valence-corrected chi connectivity index (χ4v) is 11.7. The Bertz CT molecular complexity index is 3950. The van der Waals surface area contributed by atoms with Crippen molar-refractivity contribution >= 4 is 57.0 Å². The van der Waals surface area contributed by atoms with Crippen LogP contribution in [0.15, 0.2) is 174 Å². The van der Waals surface area contributed by atoms with Crippen LogP contribution in [-0.2, 0) is 31.9 Å². The summed E-state index contributed by atoms with van der Waals surface area (Å²) in [5.74, 6) is 1.39. The first-order valence-corrected chi connectivity index (χ1v) is 30.1. The average molecular weight is 1190 g/mol. The Labute approximate surface area is 468 Å². The normalized spacial score (nSPS) is 12.8. The number of fused-ring (bicyclic) bond motifs is 5. The molecule has 8 aromatic carbocycles. The summed E-state index contributed by atoms with van der Waals surface area (Å²) in [6, 6.07) is 64.7. The molecule has 1 radical (unpaired) electrons. The Kier molecular flexibility index (Phi) is 14.5. The number of pyridine rings is 1. The van der Waals surface area contributed by atoms with Gasteiger partial charge in [0.1, 0.15) is 5.58 Å². The summed E-state index contributed by atoms with van der Waals surface area (Å²) in [6.07, 6.45) is 0.472. The second-order valence-electron chi connectivity index (χ2n) is 23.9. The molecular formula is C70H71IrN3OSi-2. The third-order valence-electron chi connectivity index (χ3n) is 14.2. The molecule has 4 nitrogen and oxygen atoms in total. The van der Waals surface area contributed by atoms with E-state index in [1.807, 2.05) is 45.2 Å². The van der Waals surface area contributed by atoms with Gasteiger partial charge < -0.3 is 14.0 Å². The second kappa shape index (κ2) is 21.4. The van der Waals surface area contributed by atoms with Gasteiger partial charge in [0, 0.05) is 40.1 Å². The first-order chi connectivity index (χ1) is 36.5. The van der Waals surface area contributed by atoms with E-state index in [1.165, 1.54) is 49.8 Å². The third-order valence-corrected chi connectivity index (χ3v) is 16.2. The van der Waals surface area contributed by atoms with Crippen LogP contribution in [0.2, 0.25) is 19.6 Å². The van der Waals surface area contributed by atoms with Gasteiger partial charge in [-0.25, -0.2) is 0 Å². The summed E-state index contributed by atoms with van der Waals surface area (Å²) in [6.45, 7) is 28.4. The van der Waals surface area contributed by atoms with Gasteiger partial charge in [0.05, 0.1) is 30.5 Å². The smallest absolute Gasteiger partial charge is 0.121 e. The zero-order chi connectivity index (χ0) is 54.8. The number of para-hydroxylation sites is 2. The molecule has 0 amide bonds. The number of nitrogens with zero attached hydrogens (tertiary/aromatic N) is 3. The number of benzene rings is 8. The molecule has 387 valence electrons. The van der Waals surface area contributed by atoms with Gasteiger partial charge in [0.25, 0.3) is 0 Å². The molecule has 6 heteroatoms. The van der Waals surface area contributed by atoms with Crippen molar-refractivity contribution in [1.82, 2.24) is 14.5 Å². The number of aromatic nitrogens is 3. The largest absolute Gasteiger partial charge is 0.501 e. The number of imidazole rings is 1. The summed E-state index contributed by atoms with van der Waals surface area (Å²) in [4.78, 5) is 10.1. The molecule has 0 aliphatic rings. The maximum Gasteiger partial charge on any atom is 0.121 e. The van der Waals surface area contributed by atoms with Gasteiger partial charge in [0.2, 0.25) is 0 Å². The molecule has 3 aromatic heterocycles. The number of hydrogen-bond donors (Lipinski definition) is 0. The number of furan rings is 1. The molecule has 11 aromatic rings. The Morgan fingerprint density at radius 1 is 0.632 bits per heavy atom. The van der Waals surface area contributed by atoms with Crippen LogP contribution in [0.3, 0.4) is 0 Å². The average Bonchev–Trinajstić information content (AvgIpc) is 3.99. The van der Waals surface area contributed by atoms with E-state index in [-0.39, 0.29) is 37.4 Å². The van der Waals surface area contributed by atoms with Crippen LogP contribution in [0.5, 0.6) is 0 Å². The van der Waals surface area contributed by atoms with Gasteiger partial charge in [-0.15, -0.1) is 53.6 Å². The zero-order valence-corrected chi connectivity index (χ0v) is 49.8. The van der Waals surface area contributed by atoms with E-state index in [2.05, 4.69) is 230 Å². The SMILES string of the molecule is CC(C)c1cc(-c2ccccc2)cc(C(C)C)c1-n1c(-c2[c-]ccc3c2oc2cc(-c4ccc5ccccc5c4)ccc23)nc2ccccc21.[2H]C([2H])(c1cc(-c2[c-]ccc(C(C)(C)C)c2)ncc1[Si](C)(C)C)C(C)(C)C.[Ir]. The molecule has 0 aliphatic carbocycles. The van der Waals surface area contributed by atoms with Crippen LogP contribution < -0.4 is 5.19 Å². The molecule has 0 bridgehead atoms. The van der Waals surface area contributed by atoms with E-state index in [0.717, 1.165) is 71.9 Å². The Hall–Kier alpha value is -6.69. The van der Waals surface area contributed by atoms with Gasteiger partial charge in [-0.05, 0) is 120 Å². The first kappa shape index (κ1) is 51.4. The molecule has 3 heterocycles. The van der Waals surface area contributed by atoms with Gasteiger partial charge in [-0.2, -0.15) is 0 Å². The monoisotopic (exact) mass is 1190 g/mol. The minimum Gasteiger partial charge on any atom is -0.501 e. The summed E-state index contributed by atoms with van der Waals surface area (Å²) in [5.41, 5.74) is 16.3. The molecule has 0 fully saturated rings. The van der Waals surface area contributed by atoms with Crippen LogP contribution in [0, 0.1) is 17.5 Å². The Morgan fingerprint density at radius 2 is 1.28 bits per heavy atom. The Morgan fingerprint density at radius 3 is 1.96 bits per heavy atom. The van der Waals surface area contributed by atoms with Crippen molar-refractivity contribution in [2.24, 2.45) is 5.41 Å². The predicted octanol–water partition coefficient (Wildman–Crippen LogP) is 19.1. The van der Waals surface area contributed by atoms with E-state index in [4.69, 9.17) is 17.1 Å². The first-order valence-electron chi connectivity index (χ1n) is 27.6. The summed E-state index contributed by atoms with van der Waals surface area (Å²) in [5, 5.41) is 5.70. The van der Waals surface area contributed by atoms with E-state index < -0.39 is 19.9 Å². The summed E-state index contributed by atoms with van der Waals surface area (Å²) >= 11 is 0. The van der Waals surface area contributed by atoms with Crippen LogP contribution in [0.4, 0.5) is 0 Å². The molecule has 11 rings (SSSR count). The minimum absolute atomic E-state index is 0. The molecule has 0 saturated heterocycles. The molecular weight excluding hydrogens is 1120 g/mol. The maximum atomic E-state index is 8.89. The van der Waals surface area contributed by atoms with Crippen molar-refractivity contribution in [2.45, 2.75) is 113 Å². The summed E-state index contributed by atoms with van der Waals surface area (Å²) < 4.78 is 27.0. The van der Waals surface area contributed by atoms with E-state index in [0.29, 0.717) is 0 Å². The molecule has 0 atom stereocenters. The van der Waals surface area contributed by atoms with Crippen LogP contribution in [-0.4, -0.2) is 22.6 Å². The van der Waals surface area contributed by atoms with Crippen molar-refractivity contribution in [3.05, 3.63) is 204 Å². The number of rotatable bonds is 9. The Balaban J connectivity index is 0.000000225. The van der Waals surface area contributed by atoms with Gasteiger partial charge in [-0.1, -0.05) is 202 Å². The molecule has 0 N–H and O–H groups in total. The van der Waals surface area contributed by atoms with Crippen molar-refractivity contribution in [1.29, 1.82) is 0 Å². The standard InChI is InChI=1S/C47H37N2O.C23H34NSi.Ir/c1-29(2)40-26-36(31-13-6-5-7-14-31)27-41(30(3)4)45(40)49-43-20-11-10-19-42(43)48-47(49)39-18-12-17-38-37-24-23-35(28-44(37)50-46(38)39)34-22-21-32-15-8-9-16-33(32)25-34;1-22(2,3)15-18-14-20(24-16-21(18)25(7,8)9)17-11-10-12-19(13-17)23(4,5)6;/h5-17,19-30H,1-4H3;10,12-14,16H,15H2,1-9H3;/q2*-1;/i;15D2;. The van der Waals surface area contributed by atoms with Crippen molar-refractivity contribution < 1.29 is 27.3 Å². The molecule has 0 saturated carbocycles. The topological polar surface area (TPSA) is 43.9 Å². The van der Waals surface area contributed by atoms with E-state index in [1.54, 1.807) is 0 Å².